The highest BCUT2D eigenvalue weighted by Crippen LogP contribution is 2.37. The number of hydrogen-bond donors (Lipinski definition) is 1. The van der Waals surface area contributed by atoms with Crippen molar-refractivity contribution >= 4 is 12.8 Å². The van der Waals surface area contributed by atoms with Crippen molar-refractivity contribution in [1.82, 2.24) is 0 Å². The van der Waals surface area contributed by atoms with Gasteiger partial charge in [-0.25, -0.2) is 0 Å². The largest absolute Gasteiger partial charge is 0.532 e. The van der Waals surface area contributed by atoms with Crippen LogP contribution in [0.1, 0.15) is 39.9 Å². The van der Waals surface area contributed by atoms with E-state index < -0.39 is 36.4 Å². The van der Waals surface area contributed by atoms with Crippen LogP contribution in [-0.2, 0) is 15.2 Å². The van der Waals surface area contributed by atoms with Crippen molar-refractivity contribution in [3.63, 3.8) is 0 Å². The SMILES string of the molecule is CC1(C)OB(c2ccc(C(F)(F)CCN)o2)OC1(C)C. The molecule has 1 aromatic heterocycles. The molecule has 2 N–H and O–H groups in total. The first kappa shape index (κ1) is 15.5. The van der Waals surface area contributed by atoms with Gasteiger partial charge in [0, 0.05) is 6.42 Å². The Kier molecular flexibility index (Phi) is 3.73. The van der Waals surface area contributed by atoms with Gasteiger partial charge in [0.15, 0.2) is 5.76 Å². The van der Waals surface area contributed by atoms with Crippen molar-refractivity contribution < 1.29 is 22.5 Å². The Morgan fingerprint density at radius 1 is 1.15 bits per heavy atom. The highest BCUT2D eigenvalue weighted by Gasteiger charge is 2.53. The second-order valence-corrected chi connectivity index (χ2v) is 6.03. The molecule has 0 atom stereocenters. The maximum Gasteiger partial charge on any atom is 0.532 e. The molecule has 0 radical (unpaired) electrons. The van der Waals surface area contributed by atoms with Gasteiger partial charge in [-0.15, -0.1) is 0 Å². The number of rotatable bonds is 4. The molecule has 0 aromatic carbocycles. The van der Waals surface area contributed by atoms with Crippen LogP contribution in [0.15, 0.2) is 16.5 Å². The minimum atomic E-state index is -3.07. The van der Waals surface area contributed by atoms with E-state index in [-0.39, 0.29) is 12.2 Å². The fourth-order valence-corrected chi connectivity index (χ4v) is 1.94. The summed E-state index contributed by atoms with van der Waals surface area (Å²) in [7, 11) is -0.776. The summed E-state index contributed by atoms with van der Waals surface area (Å²) in [6, 6.07) is 2.71. The first-order valence-corrected chi connectivity index (χ1v) is 6.63. The van der Waals surface area contributed by atoms with Gasteiger partial charge in [-0.05, 0) is 46.4 Å². The summed E-state index contributed by atoms with van der Waals surface area (Å²) in [4.78, 5) is 0. The Morgan fingerprint density at radius 3 is 2.20 bits per heavy atom. The summed E-state index contributed by atoms with van der Waals surface area (Å²) < 4.78 is 44.1. The third-order valence-electron chi connectivity index (χ3n) is 3.93. The van der Waals surface area contributed by atoms with E-state index in [4.69, 9.17) is 19.5 Å². The van der Waals surface area contributed by atoms with Gasteiger partial charge >= 0.3 is 13.0 Å². The molecule has 4 nitrogen and oxygen atoms in total. The maximum absolute atomic E-state index is 13.7. The quantitative estimate of drug-likeness (QED) is 0.861. The Bertz CT molecular complexity index is 472. The van der Waals surface area contributed by atoms with Gasteiger partial charge in [-0.2, -0.15) is 8.78 Å². The van der Waals surface area contributed by atoms with Crippen LogP contribution in [0.25, 0.3) is 0 Å². The topological polar surface area (TPSA) is 57.6 Å². The van der Waals surface area contributed by atoms with Gasteiger partial charge in [0.25, 0.3) is 0 Å². The molecule has 0 aliphatic carbocycles. The molecule has 1 fully saturated rings. The molecule has 1 saturated heterocycles. The van der Waals surface area contributed by atoms with Crippen LogP contribution < -0.4 is 11.4 Å². The summed E-state index contributed by atoms with van der Waals surface area (Å²) in [6.45, 7) is 7.44. The second kappa shape index (κ2) is 4.82. The van der Waals surface area contributed by atoms with Crippen LogP contribution in [0.3, 0.4) is 0 Å². The minimum Gasteiger partial charge on any atom is -0.463 e. The van der Waals surface area contributed by atoms with E-state index in [0.717, 1.165) is 0 Å². The molecule has 1 aliphatic heterocycles. The average Bonchev–Trinajstić information content (AvgIpc) is 2.83. The fourth-order valence-electron chi connectivity index (χ4n) is 1.94. The molecule has 2 rings (SSSR count). The zero-order valence-electron chi connectivity index (χ0n) is 12.2. The molecule has 1 aromatic rings. The van der Waals surface area contributed by atoms with Gasteiger partial charge in [0.2, 0.25) is 0 Å². The first-order valence-electron chi connectivity index (χ1n) is 6.63. The predicted octanol–water partition coefficient (Wildman–Crippen LogP) is 2.02. The Labute approximate surface area is 117 Å². The summed E-state index contributed by atoms with van der Waals surface area (Å²) >= 11 is 0. The van der Waals surface area contributed by atoms with Crippen LogP contribution in [-0.4, -0.2) is 24.9 Å². The average molecular weight is 287 g/mol. The molecular weight excluding hydrogens is 267 g/mol. The smallest absolute Gasteiger partial charge is 0.463 e. The lowest BCUT2D eigenvalue weighted by atomic mass is 9.86. The van der Waals surface area contributed by atoms with Crippen LogP contribution in [0.5, 0.6) is 0 Å². The molecule has 0 saturated carbocycles. The van der Waals surface area contributed by atoms with Crippen LogP contribution in [0, 0.1) is 0 Å². The number of furan rings is 1. The zero-order chi connectivity index (χ0) is 15.2. The summed E-state index contributed by atoms with van der Waals surface area (Å²) in [6.07, 6.45) is -0.455. The van der Waals surface area contributed by atoms with E-state index >= 15 is 0 Å². The highest BCUT2D eigenvalue weighted by atomic mass is 19.3. The van der Waals surface area contributed by atoms with Gasteiger partial charge in [-0.1, -0.05) is 0 Å². The van der Waals surface area contributed by atoms with Crippen molar-refractivity contribution in [2.75, 3.05) is 6.54 Å². The molecule has 0 unspecified atom stereocenters. The normalized spacial score (nSPS) is 21.4. The number of alkyl halides is 2. The highest BCUT2D eigenvalue weighted by molar-refractivity contribution is 6.60. The molecule has 1 aliphatic rings. The van der Waals surface area contributed by atoms with Crippen LogP contribution in [0.2, 0.25) is 0 Å². The van der Waals surface area contributed by atoms with E-state index in [1.165, 1.54) is 12.1 Å². The Morgan fingerprint density at radius 2 is 1.70 bits per heavy atom. The molecular formula is C13H20BF2NO3. The lowest BCUT2D eigenvalue weighted by molar-refractivity contribution is -0.0309. The van der Waals surface area contributed by atoms with Crippen molar-refractivity contribution in [3.8, 4) is 0 Å². The molecule has 112 valence electrons. The van der Waals surface area contributed by atoms with Gasteiger partial charge in [-0.3, -0.25) is 0 Å². The van der Waals surface area contributed by atoms with Crippen LogP contribution in [0.4, 0.5) is 8.78 Å². The number of hydrogen-bond acceptors (Lipinski definition) is 4. The van der Waals surface area contributed by atoms with Crippen molar-refractivity contribution in [2.24, 2.45) is 5.73 Å². The lowest BCUT2D eigenvalue weighted by Crippen LogP contribution is -2.41. The first-order chi connectivity index (χ1) is 9.09. The number of nitrogens with two attached hydrogens (primary N) is 1. The van der Waals surface area contributed by atoms with Gasteiger partial charge in [0.05, 0.1) is 11.2 Å². The molecule has 0 amide bonds. The van der Waals surface area contributed by atoms with E-state index in [1.54, 1.807) is 0 Å². The Hall–Kier alpha value is -0.915. The second-order valence-electron chi connectivity index (χ2n) is 6.03. The lowest BCUT2D eigenvalue weighted by Gasteiger charge is -2.32. The molecule has 0 spiro atoms. The van der Waals surface area contributed by atoms with E-state index in [0.29, 0.717) is 0 Å². The van der Waals surface area contributed by atoms with E-state index in [9.17, 15) is 8.78 Å². The third-order valence-corrected chi connectivity index (χ3v) is 3.93. The van der Waals surface area contributed by atoms with Crippen LogP contribution >= 0.6 is 0 Å². The fraction of sp³-hybridized carbons (Fsp3) is 0.692. The Balaban J connectivity index is 2.19. The van der Waals surface area contributed by atoms with E-state index in [2.05, 4.69) is 0 Å². The number of halogens is 2. The minimum absolute atomic E-state index is 0.112. The molecule has 7 heteroatoms. The maximum atomic E-state index is 13.7. The molecule has 20 heavy (non-hydrogen) atoms. The molecule has 0 bridgehead atoms. The van der Waals surface area contributed by atoms with Gasteiger partial charge in [0.1, 0.15) is 5.66 Å². The summed E-state index contributed by atoms with van der Waals surface area (Å²) in [5.74, 6) is -3.48. The monoisotopic (exact) mass is 287 g/mol. The third kappa shape index (κ3) is 2.62. The zero-order valence-corrected chi connectivity index (χ0v) is 12.2. The summed E-state index contributed by atoms with van der Waals surface area (Å²) in [5.41, 5.74) is 4.35. The van der Waals surface area contributed by atoms with Crippen molar-refractivity contribution in [3.05, 3.63) is 17.9 Å². The predicted molar refractivity (Wildman–Crippen MR) is 72.0 cm³/mol. The van der Waals surface area contributed by atoms with E-state index in [1.807, 2.05) is 27.7 Å². The van der Waals surface area contributed by atoms with Gasteiger partial charge < -0.3 is 19.5 Å². The summed E-state index contributed by atoms with van der Waals surface area (Å²) in [5, 5.41) is 0. The van der Waals surface area contributed by atoms with Crippen molar-refractivity contribution in [1.29, 1.82) is 0 Å². The standard InChI is InChI=1S/C13H20BF2NO3/c1-11(2)12(3,4)20-14(19-11)10-6-5-9(18-10)13(15,16)7-8-17/h5-6H,7-8,17H2,1-4H3. The molecule has 2 heterocycles. The van der Waals surface area contributed by atoms with Crippen molar-refractivity contribution in [2.45, 2.75) is 51.2 Å².